The van der Waals surface area contributed by atoms with Crippen molar-refractivity contribution in [2.45, 2.75) is 44.1 Å². The summed E-state index contributed by atoms with van der Waals surface area (Å²) in [6.07, 6.45) is 2.88. The number of benzene rings is 1. The Morgan fingerprint density at radius 2 is 2.00 bits per heavy atom. The van der Waals surface area contributed by atoms with E-state index in [1.54, 1.807) is 12.1 Å². The number of piperidine rings is 1. The predicted octanol–water partition coefficient (Wildman–Crippen LogP) is 2.26. The number of carbonyl (C=O) groups excluding carboxylic acids is 1. The number of ether oxygens (including phenoxy) is 1. The van der Waals surface area contributed by atoms with E-state index in [4.69, 9.17) is 4.74 Å². The molecule has 2 heterocycles. The summed E-state index contributed by atoms with van der Waals surface area (Å²) in [6.45, 7) is 6.68. The number of carbonyl (C=O) groups is 1. The first kappa shape index (κ1) is 19.3. The highest BCUT2D eigenvalue weighted by molar-refractivity contribution is 7.89. The molecule has 0 bridgehead atoms. The topological polar surface area (TPSA) is 75.7 Å². The van der Waals surface area contributed by atoms with Gasteiger partial charge in [-0.05, 0) is 49.3 Å². The zero-order chi connectivity index (χ0) is 18.7. The van der Waals surface area contributed by atoms with Gasteiger partial charge in [-0.15, -0.1) is 0 Å². The predicted molar refractivity (Wildman–Crippen MR) is 99.5 cm³/mol. The molecule has 0 spiro atoms. The van der Waals surface area contributed by atoms with Gasteiger partial charge in [-0.3, -0.25) is 4.79 Å². The number of likely N-dealkylation sites (tertiary alicyclic amines) is 1. The van der Waals surface area contributed by atoms with Crippen LogP contribution in [-0.4, -0.2) is 51.6 Å². The van der Waals surface area contributed by atoms with Gasteiger partial charge >= 0.3 is 0 Å². The number of rotatable bonds is 5. The van der Waals surface area contributed by atoms with Crippen LogP contribution in [0.25, 0.3) is 0 Å². The van der Waals surface area contributed by atoms with Crippen LogP contribution in [0.1, 0.15) is 43.5 Å². The van der Waals surface area contributed by atoms with Crippen molar-refractivity contribution in [2.24, 2.45) is 11.8 Å². The van der Waals surface area contributed by atoms with Crippen molar-refractivity contribution < 1.29 is 17.9 Å². The molecule has 1 N–H and O–H groups in total. The van der Waals surface area contributed by atoms with Crippen molar-refractivity contribution >= 4 is 15.9 Å². The summed E-state index contributed by atoms with van der Waals surface area (Å²) in [4.78, 5) is 14.8. The molecule has 0 aliphatic carbocycles. The van der Waals surface area contributed by atoms with Crippen LogP contribution in [0.4, 0.5) is 0 Å². The Hall–Kier alpha value is -1.44. The van der Waals surface area contributed by atoms with Crippen molar-refractivity contribution in [1.29, 1.82) is 0 Å². The van der Waals surface area contributed by atoms with Gasteiger partial charge in [0, 0.05) is 31.8 Å². The lowest BCUT2D eigenvalue weighted by atomic mass is 9.91. The normalized spacial score (nSPS) is 26.8. The number of sulfonamides is 1. The van der Waals surface area contributed by atoms with Crippen LogP contribution in [0, 0.1) is 11.8 Å². The van der Waals surface area contributed by atoms with Crippen molar-refractivity contribution in [3.63, 3.8) is 0 Å². The highest BCUT2D eigenvalue weighted by atomic mass is 32.2. The Balaban J connectivity index is 1.71. The van der Waals surface area contributed by atoms with Gasteiger partial charge in [0.05, 0.1) is 11.0 Å². The fourth-order valence-electron chi connectivity index (χ4n) is 3.90. The summed E-state index contributed by atoms with van der Waals surface area (Å²) >= 11 is 0. The number of amides is 1. The maximum Gasteiger partial charge on any atom is 0.253 e. The molecule has 2 aliphatic heterocycles. The summed E-state index contributed by atoms with van der Waals surface area (Å²) in [5.74, 6) is 0.824. The molecule has 3 unspecified atom stereocenters. The molecule has 1 aromatic rings. The van der Waals surface area contributed by atoms with E-state index in [0.717, 1.165) is 32.4 Å². The second kappa shape index (κ2) is 8.06. The summed E-state index contributed by atoms with van der Waals surface area (Å²) in [7, 11) is -3.66. The molecule has 7 heteroatoms. The smallest absolute Gasteiger partial charge is 0.253 e. The van der Waals surface area contributed by atoms with Crippen LogP contribution in [0.5, 0.6) is 0 Å². The van der Waals surface area contributed by atoms with Gasteiger partial charge in [0.2, 0.25) is 10.0 Å². The van der Waals surface area contributed by atoms with E-state index in [9.17, 15) is 13.2 Å². The van der Waals surface area contributed by atoms with Crippen LogP contribution in [0.15, 0.2) is 29.2 Å². The molecule has 0 saturated carbocycles. The van der Waals surface area contributed by atoms with E-state index in [2.05, 4.69) is 18.6 Å². The number of hydrogen-bond acceptors (Lipinski definition) is 4. The van der Waals surface area contributed by atoms with Crippen molar-refractivity contribution in [3.05, 3.63) is 29.8 Å². The zero-order valence-corrected chi connectivity index (χ0v) is 16.3. The van der Waals surface area contributed by atoms with Crippen molar-refractivity contribution in [2.75, 3.05) is 26.2 Å². The summed E-state index contributed by atoms with van der Waals surface area (Å²) in [5, 5.41) is 0. The molecule has 2 aliphatic rings. The first-order valence-corrected chi connectivity index (χ1v) is 10.8. The molecule has 2 fully saturated rings. The third-order valence-electron chi connectivity index (χ3n) is 5.07. The molecular formula is C19H28N2O4S. The van der Waals surface area contributed by atoms with E-state index in [1.807, 2.05) is 4.90 Å². The lowest BCUT2D eigenvalue weighted by Gasteiger charge is -2.35. The van der Waals surface area contributed by atoms with Crippen molar-refractivity contribution in [1.82, 2.24) is 9.62 Å². The maximum atomic E-state index is 12.8. The third-order valence-corrected chi connectivity index (χ3v) is 6.49. The molecule has 144 valence electrons. The number of hydrogen-bond donors (Lipinski definition) is 1. The minimum atomic E-state index is -3.66. The van der Waals surface area contributed by atoms with Crippen molar-refractivity contribution in [3.8, 4) is 0 Å². The first-order chi connectivity index (χ1) is 12.3. The van der Waals surface area contributed by atoms with Crippen LogP contribution in [0.3, 0.4) is 0 Å². The average Bonchev–Trinajstić information content (AvgIpc) is 3.12. The van der Waals surface area contributed by atoms with E-state index in [-0.39, 0.29) is 23.5 Å². The van der Waals surface area contributed by atoms with Gasteiger partial charge in [0.1, 0.15) is 0 Å². The summed E-state index contributed by atoms with van der Waals surface area (Å²) < 4.78 is 33.2. The minimum absolute atomic E-state index is 0.0640. The van der Waals surface area contributed by atoms with Crippen LogP contribution >= 0.6 is 0 Å². The Morgan fingerprint density at radius 1 is 1.27 bits per heavy atom. The fraction of sp³-hybridized carbons (Fsp3) is 0.632. The SMILES string of the molecule is CC1CC(C)CN(C(=O)c2cccc(S(=O)(=O)NCC3CCCO3)c2)C1. The summed E-state index contributed by atoms with van der Waals surface area (Å²) in [5.41, 5.74) is 0.422. The molecular weight excluding hydrogens is 352 g/mol. The number of nitrogens with one attached hydrogen (secondary N) is 1. The van der Waals surface area contributed by atoms with E-state index < -0.39 is 10.0 Å². The van der Waals surface area contributed by atoms with Gasteiger partial charge in [0.15, 0.2) is 0 Å². The summed E-state index contributed by atoms with van der Waals surface area (Å²) in [6, 6.07) is 6.32. The second-order valence-corrected chi connectivity index (χ2v) is 9.44. The van der Waals surface area contributed by atoms with Crippen LogP contribution in [0.2, 0.25) is 0 Å². The molecule has 0 radical (unpaired) electrons. The maximum absolute atomic E-state index is 12.8. The lowest BCUT2D eigenvalue weighted by molar-refractivity contribution is 0.0623. The minimum Gasteiger partial charge on any atom is -0.377 e. The highest BCUT2D eigenvalue weighted by Crippen LogP contribution is 2.23. The van der Waals surface area contributed by atoms with Gasteiger partial charge in [-0.1, -0.05) is 19.9 Å². The molecule has 2 saturated heterocycles. The Kier molecular flexibility index (Phi) is 5.99. The van der Waals surface area contributed by atoms with E-state index in [0.29, 0.717) is 24.0 Å². The van der Waals surface area contributed by atoms with Gasteiger partial charge < -0.3 is 9.64 Å². The lowest BCUT2D eigenvalue weighted by Crippen LogP contribution is -2.42. The Morgan fingerprint density at radius 3 is 2.65 bits per heavy atom. The molecule has 1 amide bonds. The largest absolute Gasteiger partial charge is 0.377 e. The molecule has 26 heavy (non-hydrogen) atoms. The molecule has 3 rings (SSSR count). The Labute approximate surface area is 156 Å². The van der Waals surface area contributed by atoms with Gasteiger partial charge in [-0.2, -0.15) is 0 Å². The molecule has 0 aromatic heterocycles. The quantitative estimate of drug-likeness (QED) is 0.850. The number of nitrogens with zero attached hydrogens (tertiary/aromatic N) is 1. The van der Waals surface area contributed by atoms with Gasteiger partial charge in [-0.25, -0.2) is 13.1 Å². The van der Waals surface area contributed by atoms with Crippen LogP contribution < -0.4 is 4.72 Å². The Bertz CT molecular complexity index is 734. The van der Waals surface area contributed by atoms with Gasteiger partial charge in [0.25, 0.3) is 5.91 Å². The third kappa shape index (κ3) is 4.64. The monoisotopic (exact) mass is 380 g/mol. The zero-order valence-electron chi connectivity index (χ0n) is 15.5. The fourth-order valence-corrected chi connectivity index (χ4v) is 5.01. The molecule has 6 nitrogen and oxygen atoms in total. The van der Waals surface area contributed by atoms with Crippen LogP contribution in [-0.2, 0) is 14.8 Å². The van der Waals surface area contributed by atoms with E-state index in [1.165, 1.54) is 12.1 Å². The second-order valence-electron chi connectivity index (χ2n) is 7.67. The molecule has 3 atom stereocenters. The molecule has 1 aromatic carbocycles. The standard InChI is InChI=1S/C19H28N2O4S/c1-14-9-15(2)13-21(12-14)19(22)16-5-3-7-18(10-16)26(23,24)20-11-17-6-4-8-25-17/h3,5,7,10,14-15,17,20H,4,6,8-9,11-13H2,1-2H3. The van der Waals surface area contributed by atoms with E-state index >= 15 is 0 Å². The average molecular weight is 381 g/mol. The highest BCUT2D eigenvalue weighted by Gasteiger charge is 2.27. The first-order valence-electron chi connectivity index (χ1n) is 9.36.